The van der Waals surface area contributed by atoms with Gasteiger partial charge in [-0.3, -0.25) is 14.4 Å². The topological polar surface area (TPSA) is 64.2 Å². The third-order valence-electron chi connectivity index (χ3n) is 5.20. The van der Waals surface area contributed by atoms with E-state index in [2.05, 4.69) is 4.90 Å². The molecular weight excluding hydrogens is 351 g/mol. The van der Waals surface area contributed by atoms with Gasteiger partial charge in [0.15, 0.2) is 0 Å². The van der Waals surface area contributed by atoms with Gasteiger partial charge in [0.2, 0.25) is 17.7 Å². The second kappa shape index (κ2) is 8.37. The number of anilines is 1. The summed E-state index contributed by atoms with van der Waals surface area (Å²) in [6.45, 7) is 5.91. The first kappa shape index (κ1) is 19.1. The standard InChI is InChI=1S/C19H25FN4O3/c1-15(25)21-6-10-23(11-7-21)18(26)14-19(27)24-12-8-22(9-13-24)17-4-2-16(20)3-5-17/h2-5H,6-14H2,1H3. The van der Waals surface area contributed by atoms with Gasteiger partial charge >= 0.3 is 0 Å². The minimum atomic E-state index is -0.268. The minimum absolute atomic E-state index is 0.0113. The van der Waals surface area contributed by atoms with Crippen LogP contribution >= 0.6 is 0 Å². The number of carbonyl (C=O) groups excluding carboxylic acids is 3. The lowest BCUT2D eigenvalue weighted by Gasteiger charge is -2.37. The van der Waals surface area contributed by atoms with Gasteiger partial charge in [0.1, 0.15) is 12.2 Å². The number of amides is 3. The highest BCUT2D eigenvalue weighted by molar-refractivity contribution is 5.97. The highest BCUT2D eigenvalue weighted by atomic mass is 19.1. The lowest BCUT2D eigenvalue weighted by molar-refractivity contribution is -0.144. The van der Waals surface area contributed by atoms with Gasteiger partial charge in [0, 0.05) is 65.0 Å². The van der Waals surface area contributed by atoms with Gasteiger partial charge in [0.05, 0.1) is 0 Å². The van der Waals surface area contributed by atoms with Crippen LogP contribution in [-0.2, 0) is 14.4 Å². The molecule has 2 aliphatic heterocycles. The molecule has 0 bridgehead atoms. The highest BCUT2D eigenvalue weighted by Gasteiger charge is 2.27. The molecule has 0 saturated carbocycles. The van der Waals surface area contributed by atoms with Crippen molar-refractivity contribution in [2.45, 2.75) is 13.3 Å². The molecule has 2 saturated heterocycles. The molecule has 2 fully saturated rings. The predicted octanol–water partition coefficient (Wildman–Crippen LogP) is 0.555. The molecule has 1 aromatic carbocycles. The van der Waals surface area contributed by atoms with E-state index in [0.717, 1.165) is 5.69 Å². The second-order valence-electron chi connectivity index (χ2n) is 6.91. The van der Waals surface area contributed by atoms with Crippen LogP contribution in [-0.4, -0.2) is 84.8 Å². The molecule has 7 nitrogen and oxygen atoms in total. The lowest BCUT2D eigenvalue weighted by Crippen LogP contribution is -2.52. The fourth-order valence-electron chi connectivity index (χ4n) is 3.49. The Bertz CT molecular complexity index is 693. The molecule has 0 unspecified atom stereocenters. The molecule has 146 valence electrons. The van der Waals surface area contributed by atoms with Crippen LogP contribution in [0.2, 0.25) is 0 Å². The Labute approximate surface area is 158 Å². The van der Waals surface area contributed by atoms with E-state index in [1.807, 2.05) is 0 Å². The lowest BCUT2D eigenvalue weighted by atomic mass is 10.2. The minimum Gasteiger partial charge on any atom is -0.368 e. The molecule has 2 heterocycles. The number of benzene rings is 1. The van der Waals surface area contributed by atoms with E-state index in [9.17, 15) is 18.8 Å². The van der Waals surface area contributed by atoms with Crippen molar-refractivity contribution >= 4 is 23.4 Å². The number of carbonyl (C=O) groups is 3. The summed E-state index contributed by atoms with van der Waals surface area (Å²) in [6, 6.07) is 6.32. The summed E-state index contributed by atoms with van der Waals surface area (Å²) in [7, 11) is 0. The van der Waals surface area contributed by atoms with Gasteiger partial charge < -0.3 is 19.6 Å². The van der Waals surface area contributed by atoms with E-state index in [-0.39, 0.29) is 30.0 Å². The van der Waals surface area contributed by atoms with Crippen molar-refractivity contribution in [2.24, 2.45) is 0 Å². The first-order chi connectivity index (χ1) is 12.9. The average Bonchev–Trinajstić information content (AvgIpc) is 2.68. The zero-order chi connectivity index (χ0) is 19.4. The maximum Gasteiger partial charge on any atom is 0.232 e. The maximum absolute atomic E-state index is 13.0. The number of hydrogen-bond acceptors (Lipinski definition) is 4. The van der Waals surface area contributed by atoms with Crippen molar-refractivity contribution in [3.8, 4) is 0 Å². The molecule has 0 atom stereocenters. The Balaban J connectivity index is 1.45. The number of hydrogen-bond donors (Lipinski definition) is 0. The van der Waals surface area contributed by atoms with Crippen LogP contribution in [0.4, 0.5) is 10.1 Å². The number of rotatable bonds is 3. The quantitative estimate of drug-likeness (QED) is 0.723. The maximum atomic E-state index is 13.0. The molecule has 3 rings (SSSR count). The SMILES string of the molecule is CC(=O)N1CCN(C(=O)CC(=O)N2CCN(c3ccc(F)cc3)CC2)CC1. The van der Waals surface area contributed by atoms with E-state index in [0.29, 0.717) is 52.4 Å². The molecule has 8 heteroatoms. The van der Waals surface area contributed by atoms with Crippen LogP contribution in [0.1, 0.15) is 13.3 Å². The van der Waals surface area contributed by atoms with Crippen LogP contribution < -0.4 is 4.90 Å². The molecule has 0 aliphatic carbocycles. The zero-order valence-corrected chi connectivity index (χ0v) is 15.6. The molecule has 0 radical (unpaired) electrons. The highest BCUT2D eigenvalue weighted by Crippen LogP contribution is 2.17. The van der Waals surface area contributed by atoms with Crippen LogP contribution in [0.15, 0.2) is 24.3 Å². The molecule has 3 amide bonds. The fourth-order valence-corrected chi connectivity index (χ4v) is 3.49. The molecule has 0 aromatic heterocycles. The van der Waals surface area contributed by atoms with Gasteiger partial charge in [-0.05, 0) is 24.3 Å². The van der Waals surface area contributed by atoms with E-state index in [1.165, 1.54) is 19.1 Å². The first-order valence-corrected chi connectivity index (χ1v) is 9.25. The van der Waals surface area contributed by atoms with E-state index in [1.54, 1.807) is 26.8 Å². The summed E-state index contributed by atoms with van der Waals surface area (Å²) in [6.07, 6.45) is -0.128. The summed E-state index contributed by atoms with van der Waals surface area (Å²) in [5.74, 6) is -0.593. The van der Waals surface area contributed by atoms with Crippen molar-refractivity contribution in [1.29, 1.82) is 0 Å². The Morgan fingerprint density at radius 2 is 1.22 bits per heavy atom. The van der Waals surface area contributed by atoms with Gasteiger partial charge in [-0.25, -0.2) is 4.39 Å². The van der Waals surface area contributed by atoms with Crippen molar-refractivity contribution < 1.29 is 18.8 Å². The fraction of sp³-hybridized carbons (Fsp3) is 0.526. The normalized spacial score (nSPS) is 17.9. The molecular formula is C19H25FN4O3. The summed E-state index contributed by atoms with van der Waals surface area (Å²) in [5.41, 5.74) is 0.933. The molecule has 27 heavy (non-hydrogen) atoms. The summed E-state index contributed by atoms with van der Waals surface area (Å²) < 4.78 is 13.0. The molecule has 0 spiro atoms. The first-order valence-electron chi connectivity index (χ1n) is 9.25. The van der Waals surface area contributed by atoms with Gasteiger partial charge in [-0.1, -0.05) is 0 Å². The van der Waals surface area contributed by atoms with Crippen LogP contribution in [0.25, 0.3) is 0 Å². The summed E-state index contributed by atoms with van der Waals surface area (Å²) in [5, 5.41) is 0. The van der Waals surface area contributed by atoms with E-state index in [4.69, 9.17) is 0 Å². The third kappa shape index (κ3) is 4.75. The van der Waals surface area contributed by atoms with Gasteiger partial charge in [-0.15, -0.1) is 0 Å². The summed E-state index contributed by atoms with van der Waals surface area (Å²) >= 11 is 0. The molecule has 0 N–H and O–H groups in total. The summed E-state index contributed by atoms with van der Waals surface area (Å²) in [4.78, 5) is 43.4. The Hall–Kier alpha value is -2.64. The van der Waals surface area contributed by atoms with Crippen LogP contribution in [0.5, 0.6) is 0 Å². The van der Waals surface area contributed by atoms with Crippen molar-refractivity contribution in [1.82, 2.24) is 14.7 Å². The van der Waals surface area contributed by atoms with Crippen LogP contribution in [0.3, 0.4) is 0 Å². The Kier molecular flexibility index (Phi) is 5.93. The zero-order valence-electron chi connectivity index (χ0n) is 15.6. The average molecular weight is 376 g/mol. The predicted molar refractivity (Wildman–Crippen MR) is 98.6 cm³/mol. The number of nitrogens with zero attached hydrogens (tertiary/aromatic N) is 4. The largest absolute Gasteiger partial charge is 0.368 e. The Morgan fingerprint density at radius 3 is 1.70 bits per heavy atom. The van der Waals surface area contributed by atoms with E-state index >= 15 is 0 Å². The van der Waals surface area contributed by atoms with Crippen molar-refractivity contribution in [2.75, 3.05) is 57.3 Å². The third-order valence-corrected chi connectivity index (χ3v) is 5.20. The molecule has 2 aliphatic rings. The smallest absolute Gasteiger partial charge is 0.232 e. The van der Waals surface area contributed by atoms with Gasteiger partial charge in [0.25, 0.3) is 0 Å². The monoisotopic (exact) mass is 376 g/mol. The Morgan fingerprint density at radius 1 is 0.778 bits per heavy atom. The van der Waals surface area contributed by atoms with E-state index < -0.39 is 0 Å². The second-order valence-corrected chi connectivity index (χ2v) is 6.91. The van der Waals surface area contributed by atoms with Gasteiger partial charge in [-0.2, -0.15) is 0 Å². The number of halogens is 1. The number of piperazine rings is 2. The molecule has 1 aromatic rings. The van der Waals surface area contributed by atoms with Crippen LogP contribution in [0, 0.1) is 5.82 Å². The van der Waals surface area contributed by atoms with Crippen molar-refractivity contribution in [3.05, 3.63) is 30.1 Å². The van der Waals surface area contributed by atoms with Crippen molar-refractivity contribution in [3.63, 3.8) is 0 Å².